The zero-order valence-electron chi connectivity index (χ0n) is 54.2. The van der Waals surface area contributed by atoms with E-state index >= 15 is 0 Å². The number of carbonyl (C=O) groups is 1. The number of carbonyl (C=O) groups excluding carboxylic acids is 1. The Bertz CT molecular complexity index is 1550. The average Bonchev–Trinajstić information content (AvgIpc) is 3.43. The quantitative estimate of drug-likeness (QED) is 0.0272. The molecule has 474 valence electrons. The van der Waals surface area contributed by atoms with Crippen molar-refractivity contribution in [3.63, 3.8) is 0 Å². The highest BCUT2D eigenvalue weighted by Gasteiger charge is 2.23. The summed E-state index contributed by atoms with van der Waals surface area (Å²) in [6.45, 7) is 4.58. The highest BCUT2D eigenvalue weighted by atomic mass is 31.2. The lowest BCUT2D eigenvalue weighted by Gasteiger charge is -2.29. The molecule has 9 heteroatoms. The highest BCUT2D eigenvalue weighted by molar-refractivity contribution is 7.45. The first-order valence-corrected chi connectivity index (χ1v) is 36.3. The van der Waals surface area contributed by atoms with Crippen molar-refractivity contribution in [3.05, 3.63) is 72.9 Å². The molecule has 8 nitrogen and oxygen atoms in total. The van der Waals surface area contributed by atoms with Crippen LogP contribution in [0.1, 0.15) is 328 Å². The Morgan fingerprint density at radius 1 is 0.444 bits per heavy atom. The van der Waals surface area contributed by atoms with Crippen LogP contribution < -0.4 is 10.2 Å². The van der Waals surface area contributed by atoms with Crippen molar-refractivity contribution >= 4 is 13.7 Å². The third kappa shape index (κ3) is 65.3. The lowest BCUT2D eigenvalue weighted by molar-refractivity contribution is -0.870. The van der Waals surface area contributed by atoms with Crippen LogP contribution in [0.25, 0.3) is 0 Å². The van der Waals surface area contributed by atoms with Crippen molar-refractivity contribution in [2.75, 3.05) is 40.9 Å². The van der Waals surface area contributed by atoms with Crippen LogP contribution in [0.3, 0.4) is 0 Å². The molecule has 0 aromatic carbocycles. The molecule has 0 aliphatic rings. The molecule has 0 radical (unpaired) electrons. The van der Waals surface area contributed by atoms with Gasteiger partial charge in [-0.15, -0.1) is 0 Å². The van der Waals surface area contributed by atoms with Crippen LogP contribution in [0.4, 0.5) is 0 Å². The molecule has 0 heterocycles. The fourth-order valence-electron chi connectivity index (χ4n) is 10.3. The molecule has 3 unspecified atom stereocenters. The molecule has 0 fully saturated rings. The third-order valence-electron chi connectivity index (χ3n) is 15.7. The largest absolute Gasteiger partial charge is 0.756 e. The van der Waals surface area contributed by atoms with Gasteiger partial charge in [0.05, 0.1) is 39.9 Å². The summed E-state index contributed by atoms with van der Waals surface area (Å²) in [7, 11) is 1.27. The normalized spacial score (nSPS) is 14.1. The van der Waals surface area contributed by atoms with Gasteiger partial charge in [0.15, 0.2) is 0 Å². The summed E-state index contributed by atoms with van der Waals surface area (Å²) in [6, 6.07) is -0.887. The lowest BCUT2D eigenvalue weighted by atomic mass is 10.0. The van der Waals surface area contributed by atoms with Crippen LogP contribution in [0.5, 0.6) is 0 Å². The van der Waals surface area contributed by atoms with E-state index in [0.29, 0.717) is 17.4 Å². The maximum absolute atomic E-state index is 13.0. The highest BCUT2D eigenvalue weighted by Crippen LogP contribution is 2.38. The minimum atomic E-state index is -4.60. The fraction of sp³-hybridized carbons (Fsp3) is 0.819. The summed E-state index contributed by atoms with van der Waals surface area (Å²) >= 11 is 0. The van der Waals surface area contributed by atoms with Crippen molar-refractivity contribution in [1.29, 1.82) is 0 Å². The Morgan fingerprint density at radius 2 is 0.753 bits per heavy atom. The molecule has 0 aliphatic heterocycles. The van der Waals surface area contributed by atoms with E-state index in [0.717, 1.165) is 70.6 Å². The first-order chi connectivity index (χ1) is 39.5. The molecule has 1 amide bonds. The number of amides is 1. The van der Waals surface area contributed by atoms with Gasteiger partial charge in [-0.1, -0.05) is 331 Å². The second-order valence-corrected chi connectivity index (χ2v) is 26.3. The van der Waals surface area contributed by atoms with Crippen molar-refractivity contribution < 1.29 is 32.9 Å². The number of quaternary nitrogens is 1. The standard InChI is InChI=1S/C72H135N2O6P/c1-6-8-10-12-14-16-18-20-22-24-26-28-29-30-31-32-33-34-35-36-37-38-39-40-41-42-43-44-45-46-48-50-52-54-56-58-60-62-64-66-72(76)73-70(69-80-81(77,78)79-68-67-74(3,4)5)71(75)65-63-61-59-57-55-53-51-49-47-27-25-23-21-19-17-15-13-11-9-7-2/h8,10,14,16,20,22,26,28,30-31,63,65,70-71,75H,6-7,9,11-13,15,17-19,21,23-25,27,29,32-62,64,66-69H2,1-5H3,(H-,73,76,77,78)/b10-8-,16-14-,22-20-,28-26-,31-30-,65-63+. The van der Waals surface area contributed by atoms with Crippen molar-refractivity contribution in [3.8, 4) is 0 Å². The average molecular weight is 1160 g/mol. The number of likely N-dealkylation sites (N-methyl/N-ethyl adjacent to an activating group) is 1. The number of unbranched alkanes of at least 4 members (excludes halogenated alkanes) is 41. The summed E-state index contributed by atoms with van der Waals surface area (Å²) in [5, 5.41) is 13.9. The smallest absolute Gasteiger partial charge is 0.268 e. The van der Waals surface area contributed by atoms with Crippen molar-refractivity contribution in [1.82, 2.24) is 5.32 Å². The lowest BCUT2D eigenvalue weighted by Crippen LogP contribution is -2.45. The van der Waals surface area contributed by atoms with Gasteiger partial charge < -0.3 is 28.8 Å². The van der Waals surface area contributed by atoms with Crippen molar-refractivity contribution in [2.24, 2.45) is 0 Å². The minimum absolute atomic E-state index is 0.000226. The molecule has 0 aromatic rings. The Balaban J connectivity index is 3.96. The Kier molecular flexibility index (Phi) is 60.9. The number of phosphoric acid groups is 1. The maximum Gasteiger partial charge on any atom is 0.268 e. The van der Waals surface area contributed by atoms with Crippen molar-refractivity contribution in [2.45, 2.75) is 341 Å². The summed E-state index contributed by atoms with van der Waals surface area (Å²) < 4.78 is 23.4. The van der Waals surface area contributed by atoms with E-state index in [1.54, 1.807) is 6.08 Å². The molecule has 2 N–H and O–H groups in total. The van der Waals surface area contributed by atoms with Crippen LogP contribution in [-0.4, -0.2) is 68.5 Å². The number of hydrogen-bond donors (Lipinski definition) is 2. The number of hydrogen-bond acceptors (Lipinski definition) is 6. The van der Waals surface area contributed by atoms with Crippen LogP contribution in [0.2, 0.25) is 0 Å². The van der Waals surface area contributed by atoms with Gasteiger partial charge >= 0.3 is 0 Å². The third-order valence-corrected chi connectivity index (χ3v) is 16.6. The van der Waals surface area contributed by atoms with Gasteiger partial charge in [0, 0.05) is 6.42 Å². The molecule has 0 spiro atoms. The molecule has 0 aromatic heterocycles. The molecule has 0 bridgehead atoms. The Labute approximate surface area is 504 Å². The molecular weight excluding hydrogens is 1020 g/mol. The number of allylic oxidation sites excluding steroid dienone is 11. The van der Waals surface area contributed by atoms with Gasteiger partial charge in [0.25, 0.3) is 7.82 Å². The summed E-state index contributed by atoms with van der Waals surface area (Å²) in [5.41, 5.74) is 0. The van der Waals surface area contributed by atoms with Crippen LogP contribution in [-0.2, 0) is 18.4 Å². The molecule has 0 aliphatic carbocycles. The molecule has 81 heavy (non-hydrogen) atoms. The Morgan fingerprint density at radius 3 is 1.10 bits per heavy atom. The van der Waals surface area contributed by atoms with Crippen LogP contribution in [0.15, 0.2) is 72.9 Å². The van der Waals surface area contributed by atoms with Gasteiger partial charge in [0.1, 0.15) is 13.2 Å². The van der Waals surface area contributed by atoms with E-state index in [1.807, 2.05) is 27.2 Å². The van der Waals surface area contributed by atoms with Gasteiger partial charge in [0.2, 0.25) is 5.91 Å². The van der Waals surface area contributed by atoms with Gasteiger partial charge in [-0.25, -0.2) is 0 Å². The topological polar surface area (TPSA) is 108 Å². The van der Waals surface area contributed by atoms with E-state index in [-0.39, 0.29) is 19.1 Å². The van der Waals surface area contributed by atoms with E-state index in [9.17, 15) is 19.4 Å². The SMILES string of the molecule is CC/C=C\C/C=C\C/C=C\C/C=C\C/C=C\CCCCCCCCCCCCCCCCCCCCCCCCCC(=O)NC(COP(=O)([O-])OCC[N+](C)(C)C)C(O)/C=C/CCCCCCCCCCCCCCCCCCCC. The predicted octanol–water partition coefficient (Wildman–Crippen LogP) is 21.5. The zero-order valence-corrected chi connectivity index (χ0v) is 55.1. The number of rotatable bonds is 64. The predicted molar refractivity (Wildman–Crippen MR) is 353 cm³/mol. The second-order valence-electron chi connectivity index (χ2n) is 24.9. The number of aliphatic hydroxyl groups excluding tert-OH is 1. The first-order valence-electron chi connectivity index (χ1n) is 34.8. The fourth-order valence-corrected chi connectivity index (χ4v) is 11.0. The number of phosphoric ester groups is 1. The summed E-state index contributed by atoms with van der Waals surface area (Å²) in [6.07, 6.45) is 87.4. The molecule has 0 saturated heterocycles. The minimum Gasteiger partial charge on any atom is -0.756 e. The van der Waals surface area contributed by atoms with Gasteiger partial charge in [-0.2, -0.15) is 0 Å². The van der Waals surface area contributed by atoms with E-state index < -0.39 is 20.0 Å². The number of nitrogens with zero attached hydrogens (tertiary/aromatic N) is 1. The Hall–Kier alpha value is -2.06. The van der Waals surface area contributed by atoms with Crippen LogP contribution >= 0.6 is 7.82 Å². The maximum atomic E-state index is 13.0. The molecule has 3 atom stereocenters. The van der Waals surface area contributed by atoms with E-state index in [2.05, 4.69) is 79.9 Å². The van der Waals surface area contributed by atoms with Crippen LogP contribution in [0, 0.1) is 0 Å². The van der Waals surface area contributed by atoms with E-state index in [4.69, 9.17) is 9.05 Å². The summed E-state index contributed by atoms with van der Waals surface area (Å²) in [4.78, 5) is 25.6. The molecule has 0 saturated carbocycles. The van der Waals surface area contributed by atoms with Gasteiger partial charge in [-0.3, -0.25) is 9.36 Å². The van der Waals surface area contributed by atoms with E-state index in [1.165, 1.54) is 238 Å². The summed E-state index contributed by atoms with van der Waals surface area (Å²) in [5.74, 6) is -0.192. The molecular formula is C72H135N2O6P. The second kappa shape index (κ2) is 62.5. The number of aliphatic hydroxyl groups is 1. The van der Waals surface area contributed by atoms with Gasteiger partial charge in [-0.05, 0) is 64.2 Å². The first kappa shape index (κ1) is 78.9. The zero-order chi connectivity index (χ0) is 59.1. The number of nitrogens with one attached hydrogen (secondary N) is 1. The molecule has 0 rings (SSSR count). The monoisotopic (exact) mass is 1160 g/mol.